The first-order valence-corrected chi connectivity index (χ1v) is 8.36. The molecule has 1 N–H and O–H groups in total. The van der Waals surface area contributed by atoms with E-state index >= 15 is 0 Å². The van der Waals surface area contributed by atoms with E-state index in [9.17, 15) is 13.2 Å². The number of H-pyrrole nitrogens is 1. The first-order chi connectivity index (χ1) is 12.5. The third-order valence-electron chi connectivity index (χ3n) is 4.54. The van der Waals surface area contributed by atoms with Crippen molar-refractivity contribution < 1.29 is 13.2 Å². The number of aromatic amines is 1. The second kappa shape index (κ2) is 6.57. The predicted octanol–water partition coefficient (Wildman–Crippen LogP) is 4.05. The van der Waals surface area contributed by atoms with E-state index < -0.39 is 11.7 Å². The van der Waals surface area contributed by atoms with Crippen LogP contribution >= 0.6 is 0 Å². The molecule has 26 heavy (non-hydrogen) atoms. The van der Waals surface area contributed by atoms with Crippen molar-refractivity contribution in [3.05, 3.63) is 71.3 Å². The van der Waals surface area contributed by atoms with Gasteiger partial charge < -0.3 is 4.98 Å². The van der Waals surface area contributed by atoms with Crippen LogP contribution in [0.15, 0.2) is 48.8 Å². The van der Waals surface area contributed by atoms with Crippen molar-refractivity contribution in [2.45, 2.75) is 25.7 Å². The van der Waals surface area contributed by atoms with Crippen molar-refractivity contribution in [3.63, 3.8) is 0 Å². The summed E-state index contributed by atoms with van der Waals surface area (Å²) >= 11 is 0. The second-order valence-corrected chi connectivity index (χ2v) is 6.40. The van der Waals surface area contributed by atoms with E-state index in [0.29, 0.717) is 11.4 Å². The van der Waals surface area contributed by atoms with Gasteiger partial charge in [0, 0.05) is 55.3 Å². The minimum Gasteiger partial charge on any atom is -0.364 e. The Bertz CT molecular complexity index is 886. The van der Waals surface area contributed by atoms with Gasteiger partial charge in [-0.2, -0.15) is 13.2 Å². The highest BCUT2D eigenvalue weighted by molar-refractivity contribution is 5.56. The lowest BCUT2D eigenvalue weighted by Gasteiger charge is -2.27. The van der Waals surface area contributed by atoms with Crippen LogP contribution in [0, 0.1) is 0 Å². The molecule has 0 radical (unpaired) electrons. The number of hydrogen-bond acceptors (Lipinski definition) is 3. The average Bonchev–Trinajstić information content (AvgIpc) is 3.14. The molecule has 1 aliphatic rings. The molecule has 4 rings (SSSR count). The fourth-order valence-electron chi connectivity index (χ4n) is 3.16. The van der Waals surface area contributed by atoms with Crippen molar-refractivity contribution in [1.82, 2.24) is 19.9 Å². The highest BCUT2D eigenvalue weighted by Gasteiger charge is 2.30. The molecule has 0 saturated carbocycles. The number of nitrogens with zero attached hydrogens (tertiary/aromatic N) is 3. The van der Waals surface area contributed by atoms with E-state index in [1.807, 2.05) is 12.3 Å². The summed E-state index contributed by atoms with van der Waals surface area (Å²) < 4.78 is 38.0. The van der Waals surface area contributed by atoms with E-state index in [4.69, 9.17) is 0 Å². The summed E-state index contributed by atoms with van der Waals surface area (Å²) in [6, 6.07) is 9.01. The summed E-state index contributed by atoms with van der Waals surface area (Å²) in [5.41, 5.74) is 3.13. The lowest BCUT2D eigenvalue weighted by atomic mass is 10.1. The van der Waals surface area contributed by atoms with Gasteiger partial charge in [-0.25, -0.2) is 9.97 Å². The van der Waals surface area contributed by atoms with Crippen LogP contribution in [-0.4, -0.2) is 26.4 Å². The molecule has 0 saturated heterocycles. The Labute approximate surface area is 148 Å². The van der Waals surface area contributed by atoms with Crippen LogP contribution in [-0.2, 0) is 25.7 Å². The van der Waals surface area contributed by atoms with Crippen molar-refractivity contribution in [2.24, 2.45) is 0 Å². The molecule has 0 bridgehead atoms. The number of aromatic nitrogens is 3. The Balaban J connectivity index is 1.51. The van der Waals surface area contributed by atoms with Crippen LogP contribution in [0.1, 0.15) is 22.5 Å². The Hall–Kier alpha value is -2.67. The minimum atomic E-state index is -4.34. The molecule has 0 fully saturated rings. The molecule has 1 aliphatic heterocycles. The Kier molecular flexibility index (Phi) is 4.24. The fraction of sp³-hybridized carbons (Fsp3) is 0.263. The Morgan fingerprint density at radius 2 is 1.92 bits per heavy atom. The average molecular weight is 358 g/mol. The number of nitrogens with one attached hydrogen (secondary N) is 1. The summed E-state index contributed by atoms with van der Waals surface area (Å²) in [5, 5.41) is 0. The van der Waals surface area contributed by atoms with Crippen LogP contribution in [0.2, 0.25) is 0 Å². The SMILES string of the molecule is FC(F)(F)c1ccc(-c2ncc3c(n2)CCN(Cc2ccc[nH]2)C3)cc1. The summed E-state index contributed by atoms with van der Waals surface area (Å²) in [6.45, 7) is 2.49. The van der Waals surface area contributed by atoms with Gasteiger partial charge in [-0.15, -0.1) is 0 Å². The Morgan fingerprint density at radius 3 is 2.62 bits per heavy atom. The molecule has 0 unspecified atom stereocenters. The third-order valence-corrected chi connectivity index (χ3v) is 4.54. The number of rotatable bonds is 3. The molecule has 3 heterocycles. The molecule has 1 aromatic carbocycles. The van der Waals surface area contributed by atoms with E-state index in [-0.39, 0.29) is 0 Å². The van der Waals surface area contributed by atoms with E-state index in [1.165, 1.54) is 12.1 Å². The lowest BCUT2D eigenvalue weighted by Crippen LogP contribution is -2.31. The highest BCUT2D eigenvalue weighted by atomic mass is 19.4. The zero-order valence-corrected chi connectivity index (χ0v) is 13.9. The van der Waals surface area contributed by atoms with E-state index in [0.717, 1.165) is 55.1 Å². The molecular formula is C19H17F3N4. The zero-order valence-electron chi connectivity index (χ0n) is 13.9. The second-order valence-electron chi connectivity index (χ2n) is 6.40. The van der Waals surface area contributed by atoms with Crippen LogP contribution in [0.3, 0.4) is 0 Å². The van der Waals surface area contributed by atoms with Gasteiger partial charge in [0.15, 0.2) is 5.82 Å². The molecule has 2 aromatic heterocycles. The molecule has 3 aromatic rings. The molecule has 4 nitrogen and oxygen atoms in total. The molecule has 0 amide bonds. The summed E-state index contributed by atoms with van der Waals surface area (Å²) in [6.07, 6.45) is 0.160. The monoisotopic (exact) mass is 358 g/mol. The Morgan fingerprint density at radius 1 is 1.12 bits per heavy atom. The third kappa shape index (κ3) is 3.48. The smallest absolute Gasteiger partial charge is 0.364 e. The lowest BCUT2D eigenvalue weighted by molar-refractivity contribution is -0.137. The normalized spacial score (nSPS) is 15.0. The predicted molar refractivity (Wildman–Crippen MR) is 91.1 cm³/mol. The molecule has 0 spiro atoms. The van der Waals surface area contributed by atoms with Gasteiger partial charge in [-0.05, 0) is 24.3 Å². The van der Waals surface area contributed by atoms with Crippen molar-refractivity contribution >= 4 is 0 Å². The van der Waals surface area contributed by atoms with Crippen molar-refractivity contribution in [1.29, 1.82) is 0 Å². The standard InChI is InChI=1S/C19H17F3N4/c20-19(21,22)15-5-3-13(4-6-15)18-24-10-14-11-26(9-7-17(14)25-18)12-16-2-1-8-23-16/h1-6,8,10,23H,7,9,11-12H2. The van der Waals surface area contributed by atoms with Gasteiger partial charge in [0.1, 0.15) is 0 Å². The van der Waals surface area contributed by atoms with Gasteiger partial charge >= 0.3 is 6.18 Å². The topological polar surface area (TPSA) is 44.8 Å². The van der Waals surface area contributed by atoms with Gasteiger partial charge in [0.2, 0.25) is 0 Å². The first kappa shape index (κ1) is 16.8. The number of fused-ring (bicyclic) bond motifs is 1. The number of benzene rings is 1. The van der Waals surface area contributed by atoms with Gasteiger partial charge in [-0.3, -0.25) is 4.90 Å². The maximum absolute atomic E-state index is 12.7. The van der Waals surface area contributed by atoms with E-state index in [1.54, 1.807) is 6.20 Å². The summed E-state index contributed by atoms with van der Waals surface area (Å²) in [5.74, 6) is 0.468. The maximum atomic E-state index is 12.7. The molecule has 7 heteroatoms. The van der Waals surface area contributed by atoms with Gasteiger partial charge in [0.05, 0.1) is 11.3 Å². The van der Waals surface area contributed by atoms with Crippen LogP contribution in [0.5, 0.6) is 0 Å². The molecular weight excluding hydrogens is 341 g/mol. The van der Waals surface area contributed by atoms with Crippen molar-refractivity contribution in [3.8, 4) is 11.4 Å². The zero-order chi connectivity index (χ0) is 18.1. The number of alkyl halides is 3. The van der Waals surface area contributed by atoms with Crippen LogP contribution < -0.4 is 0 Å². The van der Waals surface area contributed by atoms with Gasteiger partial charge in [0.25, 0.3) is 0 Å². The maximum Gasteiger partial charge on any atom is 0.416 e. The van der Waals surface area contributed by atoms with Crippen LogP contribution in [0.25, 0.3) is 11.4 Å². The summed E-state index contributed by atoms with van der Waals surface area (Å²) in [4.78, 5) is 14.5. The molecule has 0 atom stereocenters. The quantitative estimate of drug-likeness (QED) is 0.768. The molecule has 134 valence electrons. The van der Waals surface area contributed by atoms with Crippen LogP contribution in [0.4, 0.5) is 13.2 Å². The highest BCUT2D eigenvalue weighted by Crippen LogP contribution is 2.30. The summed E-state index contributed by atoms with van der Waals surface area (Å²) in [7, 11) is 0. The van der Waals surface area contributed by atoms with Gasteiger partial charge in [-0.1, -0.05) is 12.1 Å². The van der Waals surface area contributed by atoms with Crippen molar-refractivity contribution in [2.75, 3.05) is 6.54 Å². The number of hydrogen-bond donors (Lipinski definition) is 1. The number of halogens is 3. The largest absolute Gasteiger partial charge is 0.416 e. The first-order valence-electron chi connectivity index (χ1n) is 8.36. The van der Waals surface area contributed by atoms with E-state index in [2.05, 4.69) is 25.9 Å². The fourth-order valence-corrected chi connectivity index (χ4v) is 3.16. The minimum absolute atomic E-state index is 0.468. The molecule has 0 aliphatic carbocycles.